The molecule has 1 aliphatic rings. The number of aromatic nitrogens is 2. The van der Waals surface area contributed by atoms with Gasteiger partial charge in [0.25, 0.3) is 0 Å². The number of halogens is 1. The van der Waals surface area contributed by atoms with E-state index in [2.05, 4.69) is 54.8 Å². The Morgan fingerprint density at radius 2 is 1.74 bits per heavy atom. The normalized spacial score (nSPS) is 15.8. The van der Waals surface area contributed by atoms with Crippen molar-refractivity contribution in [1.82, 2.24) is 9.55 Å². The molecule has 0 amide bonds. The number of nitrogens with zero attached hydrogens (tertiary/aromatic N) is 2. The molecule has 0 saturated heterocycles. The van der Waals surface area contributed by atoms with E-state index in [4.69, 9.17) is 16.6 Å². The topological polar surface area (TPSA) is 17.8 Å². The molecule has 1 aromatic heterocycles. The lowest BCUT2D eigenvalue weighted by Gasteiger charge is -2.17. The summed E-state index contributed by atoms with van der Waals surface area (Å²) in [5, 5.41) is 0.776. The molecule has 1 saturated carbocycles. The molecule has 1 heterocycles. The second-order valence-corrected chi connectivity index (χ2v) is 8.30. The number of hydrogen-bond acceptors (Lipinski definition) is 1. The molecule has 0 radical (unpaired) electrons. The van der Waals surface area contributed by atoms with Gasteiger partial charge in [0.1, 0.15) is 5.82 Å². The molecule has 1 fully saturated rings. The third-order valence-electron chi connectivity index (χ3n) is 5.81. The summed E-state index contributed by atoms with van der Waals surface area (Å²) in [6, 6.07) is 12.6. The number of hydrogen-bond donors (Lipinski definition) is 0. The van der Waals surface area contributed by atoms with Crippen LogP contribution in [0.1, 0.15) is 54.6 Å². The van der Waals surface area contributed by atoms with Crippen LogP contribution in [-0.4, -0.2) is 9.55 Å². The molecule has 0 atom stereocenters. The van der Waals surface area contributed by atoms with Gasteiger partial charge in [0, 0.05) is 11.6 Å². The Labute approximate surface area is 166 Å². The van der Waals surface area contributed by atoms with Crippen LogP contribution in [0.15, 0.2) is 42.5 Å². The van der Waals surface area contributed by atoms with Gasteiger partial charge in [-0.15, -0.1) is 0 Å². The Balaban J connectivity index is 1.73. The summed E-state index contributed by atoms with van der Waals surface area (Å²) < 4.78 is 2.34. The number of imidazole rings is 1. The number of rotatable bonds is 4. The van der Waals surface area contributed by atoms with E-state index in [1.807, 2.05) is 12.1 Å². The Kier molecular flexibility index (Phi) is 5.36. The summed E-state index contributed by atoms with van der Waals surface area (Å²) in [5.41, 5.74) is 6.12. The van der Waals surface area contributed by atoms with E-state index in [-0.39, 0.29) is 0 Å². The van der Waals surface area contributed by atoms with Crippen molar-refractivity contribution in [2.24, 2.45) is 5.92 Å². The highest BCUT2D eigenvalue weighted by atomic mass is 35.5. The predicted molar refractivity (Wildman–Crippen MR) is 115 cm³/mol. The minimum Gasteiger partial charge on any atom is -0.320 e. The van der Waals surface area contributed by atoms with Gasteiger partial charge in [0.05, 0.1) is 11.0 Å². The molecule has 0 N–H and O–H groups in total. The van der Waals surface area contributed by atoms with Gasteiger partial charge >= 0.3 is 0 Å². The van der Waals surface area contributed by atoms with Gasteiger partial charge in [-0.05, 0) is 79.6 Å². The number of benzene rings is 2. The summed E-state index contributed by atoms with van der Waals surface area (Å²) in [6.07, 6.45) is 11.4. The van der Waals surface area contributed by atoms with Crippen molar-refractivity contribution in [3.8, 4) is 0 Å². The van der Waals surface area contributed by atoms with Crippen LogP contribution in [0.2, 0.25) is 5.02 Å². The van der Waals surface area contributed by atoms with Crippen LogP contribution < -0.4 is 0 Å². The van der Waals surface area contributed by atoms with Crippen molar-refractivity contribution in [3.63, 3.8) is 0 Å². The van der Waals surface area contributed by atoms with Gasteiger partial charge in [0.2, 0.25) is 0 Å². The Hall–Kier alpha value is -2.06. The van der Waals surface area contributed by atoms with Crippen LogP contribution in [0.3, 0.4) is 0 Å². The second-order valence-electron chi connectivity index (χ2n) is 7.87. The van der Waals surface area contributed by atoms with Crippen molar-refractivity contribution >= 4 is 28.7 Å². The SMILES string of the molecule is Cc1cc2nc(C=CC3CCCCC3)n(Cc3ccc(Cl)cc3)c2cc1C. The first-order valence-corrected chi connectivity index (χ1v) is 10.4. The average molecular weight is 379 g/mol. The molecule has 1 aliphatic carbocycles. The summed E-state index contributed by atoms with van der Waals surface area (Å²) in [5.74, 6) is 1.75. The molecule has 27 heavy (non-hydrogen) atoms. The monoisotopic (exact) mass is 378 g/mol. The highest BCUT2D eigenvalue weighted by Crippen LogP contribution is 2.27. The minimum atomic E-state index is 0.700. The van der Waals surface area contributed by atoms with Crippen molar-refractivity contribution < 1.29 is 0 Å². The van der Waals surface area contributed by atoms with E-state index in [9.17, 15) is 0 Å². The fourth-order valence-corrected chi connectivity index (χ4v) is 4.14. The van der Waals surface area contributed by atoms with Gasteiger partial charge in [0.15, 0.2) is 0 Å². The Bertz CT molecular complexity index is 960. The molecule has 4 rings (SSSR count). The van der Waals surface area contributed by atoms with Gasteiger partial charge < -0.3 is 4.57 Å². The lowest BCUT2D eigenvalue weighted by molar-refractivity contribution is 0.420. The first-order chi connectivity index (χ1) is 13.1. The van der Waals surface area contributed by atoms with Gasteiger partial charge in [-0.25, -0.2) is 4.98 Å². The highest BCUT2D eigenvalue weighted by molar-refractivity contribution is 6.30. The molecule has 140 valence electrons. The van der Waals surface area contributed by atoms with Crippen molar-refractivity contribution in [2.45, 2.75) is 52.5 Å². The maximum Gasteiger partial charge on any atom is 0.133 e. The van der Waals surface area contributed by atoms with Crippen LogP contribution in [0, 0.1) is 19.8 Å². The smallest absolute Gasteiger partial charge is 0.133 e. The molecule has 3 heteroatoms. The standard InChI is InChI=1S/C24H27ClN2/c1-17-14-22-23(15-18(17)2)27(16-20-8-11-21(25)12-9-20)24(26-22)13-10-19-6-4-3-5-7-19/h8-15,19H,3-7,16H2,1-2H3. The molecule has 0 spiro atoms. The fourth-order valence-electron chi connectivity index (χ4n) is 4.01. The average Bonchev–Trinajstić information content (AvgIpc) is 2.99. The maximum absolute atomic E-state index is 6.06. The van der Waals surface area contributed by atoms with Crippen LogP contribution in [0.25, 0.3) is 17.1 Å². The summed E-state index contributed by atoms with van der Waals surface area (Å²) >= 11 is 6.06. The third kappa shape index (κ3) is 4.11. The quantitative estimate of drug-likeness (QED) is 0.480. The largest absolute Gasteiger partial charge is 0.320 e. The molecule has 0 unspecified atom stereocenters. The van der Waals surface area contributed by atoms with Crippen molar-refractivity contribution in [2.75, 3.05) is 0 Å². The molecular weight excluding hydrogens is 352 g/mol. The first kappa shape index (κ1) is 18.3. The fraction of sp³-hybridized carbons (Fsp3) is 0.375. The lowest BCUT2D eigenvalue weighted by atomic mass is 9.89. The van der Waals surface area contributed by atoms with Crippen LogP contribution >= 0.6 is 11.6 Å². The highest BCUT2D eigenvalue weighted by Gasteiger charge is 2.13. The Morgan fingerprint density at radius 1 is 1.04 bits per heavy atom. The zero-order chi connectivity index (χ0) is 18.8. The summed E-state index contributed by atoms with van der Waals surface area (Å²) in [4.78, 5) is 4.96. The minimum absolute atomic E-state index is 0.700. The zero-order valence-electron chi connectivity index (χ0n) is 16.2. The van der Waals surface area contributed by atoms with Gasteiger partial charge in [-0.3, -0.25) is 0 Å². The summed E-state index contributed by atoms with van der Waals surface area (Å²) in [7, 11) is 0. The van der Waals surface area contributed by atoms with Crippen LogP contribution in [-0.2, 0) is 6.54 Å². The van der Waals surface area contributed by atoms with E-state index < -0.39 is 0 Å². The van der Waals surface area contributed by atoms with E-state index in [1.54, 1.807) is 0 Å². The molecule has 2 aromatic carbocycles. The molecule has 2 nitrogen and oxygen atoms in total. The number of fused-ring (bicyclic) bond motifs is 1. The second kappa shape index (κ2) is 7.90. The predicted octanol–water partition coefficient (Wildman–Crippen LogP) is 6.95. The molecule has 0 bridgehead atoms. The number of allylic oxidation sites excluding steroid dienone is 1. The van der Waals surface area contributed by atoms with Crippen molar-refractivity contribution in [3.05, 3.63) is 70.0 Å². The van der Waals surface area contributed by atoms with Crippen molar-refractivity contribution in [1.29, 1.82) is 0 Å². The lowest BCUT2D eigenvalue weighted by Crippen LogP contribution is -2.04. The van der Waals surface area contributed by atoms with Crippen LogP contribution in [0.5, 0.6) is 0 Å². The van der Waals surface area contributed by atoms with E-state index in [1.165, 1.54) is 54.3 Å². The third-order valence-corrected chi connectivity index (χ3v) is 6.07. The van der Waals surface area contributed by atoms with E-state index in [0.717, 1.165) is 22.9 Å². The molecule has 3 aromatic rings. The Morgan fingerprint density at radius 3 is 2.48 bits per heavy atom. The van der Waals surface area contributed by atoms with E-state index in [0.29, 0.717) is 5.92 Å². The maximum atomic E-state index is 6.06. The summed E-state index contributed by atoms with van der Waals surface area (Å²) in [6.45, 7) is 5.14. The number of aryl methyl sites for hydroxylation is 2. The molecule has 0 aliphatic heterocycles. The van der Waals surface area contributed by atoms with Gasteiger partial charge in [-0.1, -0.05) is 49.1 Å². The van der Waals surface area contributed by atoms with Gasteiger partial charge in [-0.2, -0.15) is 0 Å². The zero-order valence-corrected chi connectivity index (χ0v) is 17.0. The molecular formula is C24H27ClN2. The van der Waals surface area contributed by atoms with E-state index >= 15 is 0 Å². The first-order valence-electron chi connectivity index (χ1n) is 10.0. The van der Waals surface area contributed by atoms with Crippen LogP contribution in [0.4, 0.5) is 0 Å².